The van der Waals surface area contributed by atoms with Gasteiger partial charge in [-0.2, -0.15) is 0 Å². The third-order valence-electron chi connectivity index (χ3n) is 4.28. The fourth-order valence-corrected chi connectivity index (χ4v) is 3.46. The first kappa shape index (κ1) is 21.0. The molecular formula is C21H22FN3O3S. The van der Waals surface area contributed by atoms with E-state index in [0.717, 1.165) is 5.56 Å². The molecule has 3 aromatic rings. The minimum Gasteiger partial charge on any atom is -0.491 e. The molecule has 2 aromatic carbocycles. The molecule has 0 unspecified atom stereocenters. The van der Waals surface area contributed by atoms with Crippen molar-refractivity contribution in [1.82, 2.24) is 14.8 Å². The van der Waals surface area contributed by atoms with Crippen molar-refractivity contribution >= 4 is 17.5 Å². The number of nitrogens with zero attached hydrogens (tertiary/aromatic N) is 3. The topological polar surface area (TPSA) is 77.2 Å². The van der Waals surface area contributed by atoms with Gasteiger partial charge in [0.25, 0.3) is 0 Å². The molecule has 0 amide bonds. The lowest BCUT2D eigenvalue weighted by molar-refractivity contribution is 0.0987. The molecule has 0 radical (unpaired) electrons. The number of aliphatic hydroxyl groups excluding tert-OH is 1. The summed E-state index contributed by atoms with van der Waals surface area (Å²) in [5.74, 6) is 1.37. The Morgan fingerprint density at radius 2 is 1.86 bits per heavy atom. The molecule has 6 nitrogen and oxygen atoms in total. The molecule has 1 aromatic heterocycles. The van der Waals surface area contributed by atoms with Gasteiger partial charge >= 0.3 is 0 Å². The van der Waals surface area contributed by atoms with Crippen LogP contribution in [0.4, 0.5) is 4.39 Å². The number of hydrogen-bond donors (Lipinski definition) is 1. The number of halogens is 1. The van der Waals surface area contributed by atoms with Crippen molar-refractivity contribution in [2.24, 2.45) is 7.05 Å². The molecule has 1 N–H and O–H groups in total. The van der Waals surface area contributed by atoms with Crippen LogP contribution in [0.2, 0.25) is 0 Å². The Balaban J connectivity index is 1.51. The van der Waals surface area contributed by atoms with Gasteiger partial charge in [-0.15, -0.1) is 10.2 Å². The highest BCUT2D eigenvalue weighted by Crippen LogP contribution is 2.23. The maximum Gasteiger partial charge on any atom is 0.191 e. The van der Waals surface area contributed by atoms with E-state index in [1.165, 1.54) is 23.9 Å². The van der Waals surface area contributed by atoms with Crippen LogP contribution in [0.15, 0.2) is 53.7 Å². The molecule has 0 aliphatic heterocycles. The van der Waals surface area contributed by atoms with Gasteiger partial charge in [-0.25, -0.2) is 4.39 Å². The number of ketones is 1. The lowest BCUT2D eigenvalue weighted by Crippen LogP contribution is -2.20. The third kappa shape index (κ3) is 5.42. The predicted octanol–water partition coefficient (Wildman–Crippen LogP) is 3.75. The first-order valence-electron chi connectivity index (χ1n) is 9.20. The summed E-state index contributed by atoms with van der Waals surface area (Å²) in [5.41, 5.74) is 1.41. The standard InChI is InChI=1S/C21H22FN3O3S/c1-3-19(27)14-6-10-18(11-7-14)28-12-17(26)13-29-21-24-23-20(25(21)2)15-4-8-16(22)9-5-15/h4-11,17,26H,3,12-13H2,1-2H3/t17-/m0/s1. The van der Waals surface area contributed by atoms with Crippen LogP contribution in [-0.4, -0.2) is 44.1 Å². The van der Waals surface area contributed by atoms with E-state index in [-0.39, 0.29) is 18.2 Å². The largest absolute Gasteiger partial charge is 0.491 e. The average Bonchev–Trinajstić information content (AvgIpc) is 3.11. The Labute approximate surface area is 172 Å². The molecule has 0 saturated heterocycles. The van der Waals surface area contributed by atoms with E-state index in [9.17, 15) is 14.3 Å². The Hall–Kier alpha value is -2.71. The summed E-state index contributed by atoms with van der Waals surface area (Å²) in [4.78, 5) is 11.6. The highest BCUT2D eigenvalue weighted by Gasteiger charge is 2.14. The van der Waals surface area contributed by atoms with E-state index in [2.05, 4.69) is 10.2 Å². The van der Waals surface area contributed by atoms with E-state index in [0.29, 0.717) is 34.5 Å². The number of benzene rings is 2. The molecule has 0 bridgehead atoms. The molecule has 8 heteroatoms. The van der Waals surface area contributed by atoms with Gasteiger partial charge in [-0.05, 0) is 48.5 Å². The zero-order valence-electron chi connectivity index (χ0n) is 16.2. The number of carbonyl (C=O) groups excluding carboxylic acids is 1. The molecule has 0 aliphatic carbocycles. The van der Waals surface area contributed by atoms with Gasteiger partial charge in [-0.1, -0.05) is 18.7 Å². The minimum atomic E-state index is -0.706. The molecule has 29 heavy (non-hydrogen) atoms. The van der Waals surface area contributed by atoms with Gasteiger partial charge in [0.2, 0.25) is 0 Å². The van der Waals surface area contributed by atoms with Gasteiger partial charge < -0.3 is 14.4 Å². The lowest BCUT2D eigenvalue weighted by Gasteiger charge is -2.12. The fourth-order valence-electron chi connectivity index (χ4n) is 2.64. The molecule has 0 spiro atoms. The second-order valence-corrected chi connectivity index (χ2v) is 7.44. The van der Waals surface area contributed by atoms with Crippen molar-refractivity contribution in [3.8, 4) is 17.1 Å². The molecule has 3 rings (SSSR count). The summed E-state index contributed by atoms with van der Waals surface area (Å²) in [6, 6.07) is 12.9. The molecule has 0 saturated carbocycles. The lowest BCUT2D eigenvalue weighted by atomic mass is 10.1. The third-order valence-corrected chi connectivity index (χ3v) is 5.45. The van der Waals surface area contributed by atoms with E-state index in [1.807, 2.05) is 14.0 Å². The van der Waals surface area contributed by atoms with Crippen LogP contribution in [0.1, 0.15) is 23.7 Å². The second kappa shape index (κ2) is 9.67. The summed E-state index contributed by atoms with van der Waals surface area (Å²) in [5, 5.41) is 19.1. The molecule has 0 aliphatic rings. The summed E-state index contributed by atoms with van der Waals surface area (Å²) < 4.78 is 20.5. The zero-order valence-corrected chi connectivity index (χ0v) is 17.0. The van der Waals surface area contributed by atoms with Crippen molar-refractivity contribution in [2.75, 3.05) is 12.4 Å². The van der Waals surface area contributed by atoms with Gasteiger partial charge in [-0.3, -0.25) is 4.79 Å². The average molecular weight is 415 g/mol. The van der Waals surface area contributed by atoms with Gasteiger partial charge in [0.1, 0.15) is 18.2 Å². The monoisotopic (exact) mass is 415 g/mol. The number of carbonyl (C=O) groups is 1. The smallest absolute Gasteiger partial charge is 0.191 e. The van der Waals surface area contributed by atoms with E-state index < -0.39 is 6.10 Å². The molecule has 152 valence electrons. The Morgan fingerprint density at radius 1 is 1.17 bits per heavy atom. The highest BCUT2D eigenvalue weighted by atomic mass is 32.2. The number of aliphatic hydroxyl groups is 1. The van der Waals surface area contributed by atoms with Gasteiger partial charge in [0.15, 0.2) is 16.8 Å². The van der Waals surface area contributed by atoms with Crippen LogP contribution in [0, 0.1) is 5.82 Å². The Kier molecular flexibility index (Phi) is 7.00. The maximum atomic E-state index is 13.1. The number of aromatic nitrogens is 3. The number of ether oxygens (including phenoxy) is 1. The highest BCUT2D eigenvalue weighted by molar-refractivity contribution is 7.99. The first-order valence-corrected chi connectivity index (χ1v) is 10.2. The minimum absolute atomic E-state index is 0.0802. The SMILES string of the molecule is CCC(=O)c1ccc(OC[C@H](O)CSc2nnc(-c3ccc(F)cc3)n2C)cc1. The molecule has 0 fully saturated rings. The quantitative estimate of drug-likeness (QED) is 0.424. The van der Waals surface area contributed by atoms with Crippen molar-refractivity contribution < 1.29 is 19.0 Å². The predicted molar refractivity (Wildman–Crippen MR) is 110 cm³/mol. The second-order valence-electron chi connectivity index (χ2n) is 6.45. The van der Waals surface area contributed by atoms with Crippen molar-refractivity contribution in [3.05, 3.63) is 59.9 Å². The van der Waals surface area contributed by atoms with Crippen LogP contribution in [0.3, 0.4) is 0 Å². The number of Topliss-reactive ketones (excluding diaryl/α,β-unsaturated/α-hetero) is 1. The van der Waals surface area contributed by atoms with Crippen LogP contribution in [0.5, 0.6) is 5.75 Å². The van der Waals surface area contributed by atoms with E-state index >= 15 is 0 Å². The van der Waals surface area contributed by atoms with Gasteiger partial charge in [0.05, 0.1) is 6.10 Å². The van der Waals surface area contributed by atoms with Crippen LogP contribution >= 0.6 is 11.8 Å². The van der Waals surface area contributed by atoms with Crippen LogP contribution < -0.4 is 4.74 Å². The van der Waals surface area contributed by atoms with Crippen molar-refractivity contribution in [2.45, 2.75) is 24.6 Å². The summed E-state index contributed by atoms with van der Waals surface area (Å²) in [6.45, 7) is 1.94. The first-order chi connectivity index (χ1) is 14.0. The van der Waals surface area contributed by atoms with E-state index in [4.69, 9.17) is 4.74 Å². The maximum absolute atomic E-state index is 13.1. The number of thioether (sulfide) groups is 1. The summed E-state index contributed by atoms with van der Waals surface area (Å²) in [6.07, 6.45) is -0.246. The molecule has 1 atom stereocenters. The van der Waals surface area contributed by atoms with Crippen molar-refractivity contribution in [1.29, 1.82) is 0 Å². The normalized spacial score (nSPS) is 12.0. The number of hydrogen-bond acceptors (Lipinski definition) is 6. The summed E-state index contributed by atoms with van der Waals surface area (Å²) >= 11 is 1.36. The Morgan fingerprint density at radius 3 is 2.52 bits per heavy atom. The summed E-state index contributed by atoms with van der Waals surface area (Å²) in [7, 11) is 1.82. The van der Waals surface area contributed by atoms with Crippen LogP contribution in [0.25, 0.3) is 11.4 Å². The van der Waals surface area contributed by atoms with Crippen molar-refractivity contribution in [3.63, 3.8) is 0 Å². The Bertz CT molecular complexity index is 958. The van der Waals surface area contributed by atoms with Gasteiger partial charge in [0, 0.05) is 30.3 Å². The zero-order chi connectivity index (χ0) is 20.8. The molecule has 1 heterocycles. The number of rotatable bonds is 9. The van der Waals surface area contributed by atoms with Crippen LogP contribution in [-0.2, 0) is 7.05 Å². The molecular weight excluding hydrogens is 393 g/mol. The van der Waals surface area contributed by atoms with E-state index in [1.54, 1.807) is 41.0 Å². The fraction of sp³-hybridized carbons (Fsp3) is 0.286.